The third-order valence-corrected chi connectivity index (χ3v) is 15.1. The molecule has 6 rings (SSSR count). The van der Waals surface area contributed by atoms with Gasteiger partial charge in [0.1, 0.15) is 12.6 Å². The Morgan fingerprint density at radius 1 is 1.00 bits per heavy atom. The van der Waals surface area contributed by atoms with Crippen molar-refractivity contribution in [2.75, 3.05) is 44.9 Å². The summed E-state index contributed by atoms with van der Waals surface area (Å²) in [6.45, 7) is 9.39. The average molecular weight is 892 g/mol. The monoisotopic (exact) mass is 891 g/mol. The Hall–Kier alpha value is -3.21. The molecule has 1 aromatic carbocycles. The number of esters is 1. The molecule has 10 atom stereocenters. The van der Waals surface area contributed by atoms with Crippen molar-refractivity contribution in [1.29, 1.82) is 0 Å². The largest absolute Gasteiger partial charge is 0.481 e. The molecule has 4 aliphatic rings. The van der Waals surface area contributed by atoms with E-state index in [0.717, 1.165) is 35.7 Å². The Morgan fingerprint density at radius 3 is 2.52 bits per heavy atom. The number of carboxylic acids is 1. The Balaban J connectivity index is 0.967. The number of hydrogen-bond acceptors (Lipinski definition) is 11. The molecular formula is C40H58IN7O8. The molecule has 16 heteroatoms. The van der Waals surface area contributed by atoms with Crippen LogP contribution in [0.15, 0.2) is 21.9 Å². The fourth-order valence-electron chi connectivity index (χ4n) is 11.5. The molecule has 15 nitrogen and oxygen atoms in total. The molecule has 1 heterocycles. The Kier molecular flexibility index (Phi) is 14.4. The first kappa shape index (κ1) is 42.4. The van der Waals surface area contributed by atoms with E-state index in [1.807, 2.05) is 6.07 Å². The fourth-order valence-corrected chi connectivity index (χ4v) is 12.0. The van der Waals surface area contributed by atoms with E-state index in [1.54, 1.807) is 6.07 Å². The van der Waals surface area contributed by atoms with Crippen LogP contribution in [0.5, 0.6) is 0 Å². The number of carboxylic acid groups (broad SMARTS) is 1. The molecule has 0 spiro atoms. The lowest BCUT2D eigenvalue weighted by Gasteiger charge is -2.61. The van der Waals surface area contributed by atoms with Crippen molar-refractivity contribution in [3.63, 3.8) is 0 Å². The molecule has 4 fully saturated rings. The van der Waals surface area contributed by atoms with E-state index >= 15 is 0 Å². The molecule has 1 amide bonds. The molecule has 4 aliphatic carbocycles. The van der Waals surface area contributed by atoms with Gasteiger partial charge < -0.3 is 30.0 Å². The van der Waals surface area contributed by atoms with Crippen LogP contribution in [0.1, 0.15) is 97.8 Å². The van der Waals surface area contributed by atoms with Gasteiger partial charge in [0, 0.05) is 27.5 Å². The number of carbonyl (C=O) groups excluding carboxylic acids is 2. The number of nitrogens with one attached hydrogen (secondary N) is 2. The summed E-state index contributed by atoms with van der Waals surface area (Å²) in [7, 11) is 0. The van der Waals surface area contributed by atoms with Gasteiger partial charge in [-0.25, -0.2) is 4.63 Å². The third-order valence-electron chi connectivity index (χ3n) is 14.2. The maximum Gasteiger partial charge on any atom is 0.305 e. The molecule has 0 bridgehead atoms. The highest BCUT2D eigenvalue weighted by molar-refractivity contribution is 14.1. The predicted molar refractivity (Wildman–Crippen MR) is 216 cm³/mol. The highest BCUT2D eigenvalue weighted by atomic mass is 127. The number of anilines is 1. The lowest BCUT2D eigenvalue weighted by molar-refractivity contribution is -0.146. The summed E-state index contributed by atoms with van der Waals surface area (Å²) in [6, 6.07) is 2.66. The van der Waals surface area contributed by atoms with Crippen LogP contribution < -0.4 is 10.6 Å². The van der Waals surface area contributed by atoms with Crippen LogP contribution in [0.4, 0.5) is 5.69 Å². The van der Waals surface area contributed by atoms with Crippen LogP contribution in [-0.4, -0.2) is 84.9 Å². The second-order valence-corrected chi connectivity index (χ2v) is 18.3. The van der Waals surface area contributed by atoms with Crippen molar-refractivity contribution in [2.24, 2.45) is 51.5 Å². The van der Waals surface area contributed by atoms with Crippen LogP contribution in [-0.2, 0) is 28.6 Å². The SMILES string of the molecule is C[C@H](CCC(=O)OCCOCCOCCN=[N+]=[N-])C1CCC2C3CC[C@@H]4C[C@H](NC(=O)[C@H](CC(=O)O)Nc5ccc(I)c6nonc56)CC[C@]4(C)C3CC[C@@]21C. The standard InChI is InChI=1S/C40H58IN7O8/c1-24(4-11-35(51)55-21-20-54-19-18-53-17-16-43-48-42)28-7-8-29-27-6-5-25-22-26(12-14-39(25,2)30(27)13-15-40(28,29)3)44-38(52)33(23-34(49)50)45-32-10-9-31(41)36-37(32)47-56-46-36/h9-10,24-30,33,45H,4-8,11-23H2,1-3H3,(H,44,52)(H,49,50)/t24-,25-,26-,27?,28?,29?,30?,33+,39+,40-/m1/s1. The Labute approximate surface area is 342 Å². The van der Waals surface area contributed by atoms with Gasteiger partial charge in [0.15, 0.2) is 11.0 Å². The van der Waals surface area contributed by atoms with Gasteiger partial charge in [-0.1, -0.05) is 25.9 Å². The Morgan fingerprint density at radius 2 is 1.73 bits per heavy atom. The van der Waals surface area contributed by atoms with Gasteiger partial charge in [-0.05, 0) is 161 Å². The minimum Gasteiger partial charge on any atom is -0.481 e. The second-order valence-electron chi connectivity index (χ2n) is 17.1. The van der Waals surface area contributed by atoms with Crippen LogP contribution in [0, 0.1) is 49.9 Å². The maximum atomic E-state index is 13.7. The van der Waals surface area contributed by atoms with Gasteiger partial charge in [0.25, 0.3) is 0 Å². The van der Waals surface area contributed by atoms with Gasteiger partial charge in [-0.3, -0.25) is 14.4 Å². The number of azide groups is 1. The average Bonchev–Trinajstić information content (AvgIpc) is 3.81. The number of nitrogens with zero attached hydrogens (tertiary/aromatic N) is 5. The lowest BCUT2D eigenvalue weighted by Crippen LogP contribution is -2.56. The number of carbonyl (C=O) groups is 3. The van der Waals surface area contributed by atoms with Gasteiger partial charge in [-0.2, -0.15) is 0 Å². The zero-order valence-electron chi connectivity index (χ0n) is 32.9. The second kappa shape index (κ2) is 19.0. The van der Waals surface area contributed by atoms with Crippen molar-refractivity contribution < 1.29 is 38.3 Å². The van der Waals surface area contributed by atoms with Crippen LogP contribution in [0.2, 0.25) is 0 Å². The number of benzene rings is 1. The molecule has 1 aromatic heterocycles. The fraction of sp³-hybridized carbons (Fsp3) is 0.775. The van der Waals surface area contributed by atoms with Crippen LogP contribution >= 0.6 is 22.6 Å². The van der Waals surface area contributed by atoms with E-state index in [9.17, 15) is 19.5 Å². The van der Waals surface area contributed by atoms with Crippen molar-refractivity contribution in [3.05, 3.63) is 26.1 Å². The smallest absolute Gasteiger partial charge is 0.305 e. The number of rotatable bonds is 19. The summed E-state index contributed by atoms with van der Waals surface area (Å²) in [6.07, 6.45) is 11.1. The summed E-state index contributed by atoms with van der Waals surface area (Å²) < 4.78 is 22.0. The number of aromatic nitrogens is 2. The first-order valence-corrected chi connectivity index (χ1v) is 21.5. The quantitative estimate of drug-likeness (QED) is 0.0313. The topological polar surface area (TPSA) is 211 Å². The summed E-state index contributed by atoms with van der Waals surface area (Å²) in [5, 5.41) is 27.4. The van der Waals surface area contributed by atoms with Crippen LogP contribution in [0.25, 0.3) is 21.5 Å². The molecule has 4 saturated carbocycles. The zero-order chi connectivity index (χ0) is 39.9. The van der Waals surface area contributed by atoms with E-state index in [0.29, 0.717) is 91.6 Å². The predicted octanol–water partition coefficient (Wildman–Crippen LogP) is 7.53. The molecule has 0 saturated heterocycles. The number of aliphatic carboxylic acids is 1. The van der Waals surface area contributed by atoms with Gasteiger partial charge in [0.2, 0.25) is 5.91 Å². The van der Waals surface area contributed by atoms with Gasteiger partial charge >= 0.3 is 11.9 Å². The molecule has 2 aromatic rings. The van der Waals surface area contributed by atoms with E-state index in [4.69, 9.17) is 24.4 Å². The van der Waals surface area contributed by atoms with Crippen molar-refractivity contribution >= 4 is 57.2 Å². The molecule has 56 heavy (non-hydrogen) atoms. The number of halogens is 1. The Bertz CT molecular complexity index is 1740. The minimum absolute atomic E-state index is 0.00683. The van der Waals surface area contributed by atoms with E-state index in [2.05, 4.69) is 74.3 Å². The van der Waals surface area contributed by atoms with Crippen molar-refractivity contribution in [2.45, 2.75) is 110 Å². The summed E-state index contributed by atoms with van der Waals surface area (Å²) >= 11 is 2.14. The molecule has 308 valence electrons. The number of amides is 1. The number of fused-ring (bicyclic) bond motifs is 6. The summed E-state index contributed by atoms with van der Waals surface area (Å²) in [4.78, 5) is 40.8. The molecule has 0 aliphatic heterocycles. The van der Waals surface area contributed by atoms with E-state index in [1.165, 1.54) is 32.1 Å². The molecular weight excluding hydrogens is 833 g/mol. The van der Waals surface area contributed by atoms with E-state index in [-0.39, 0.29) is 41.8 Å². The maximum absolute atomic E-state index is 13.7. The highest BCUT2D eigenvalue weighted by Gasteiger charge is 2.60. The first-order valence-electron chi connectivity index (χ1n) is 20.5. The van der Waals surface area contributed by atoms with Gasteiger partial charge in [0.05, 0.1) is 38.5 Å². The summed E-state index contributed by atoms with van der Waals surface area (Å²) in [5.74, 6) is 2.12. The number of hydrogen-bond donors (Lipinski definition) is 3. The third kappa shape index (κ3) is 9.56. The zero-order valence-corrected chi connectivity index (χ0v) is 35.1. The normalized spacial score (nSPS) is 30.6. The molecule has 0 radical (unpaired) electrons. The van der Waals surface area contributed by atoms with E-state index < -0.39 is 12.0 Å². The van der Waals surface area contributed by atoms with Crippen molar-refractivity contribution in [1.82, 2.24) is 15.6 Å². The molecule has 3 N–H and O–H groups in total. The highest BCUT2D eigenvalue weighted by Crippen LogP contribution is 2.68. The van der Waals surface area contributed by atoms with Crippen LogP contribution in [0.3, 0.4) is 0 Å². The minimum atomic E-state index is -1.06. The number of ether oxygens (including phenoxy) is 3. The summed E-state index contributed by atoms with van der Waals surface area (Å²) in [5.41, 5.74) is 10.3. The molecule has 4 unspecified atom stereocenters. The lowest BCUT2D eigenvalue weighted by atomic mass is 9.44. The van der Waals surface area contributed by atoms with Crippen molar-refractivity contribution in [3.8, 4) is 0 Å². The van der Waals surface area contributed by atoms with Gasteiger partial charge in [-0.15, -0.1) is 0 Å². The first-order chi connectivity index (χ1) is 26.9.